The molecule has 0 saturated heterocycles. The molecular formula is C13H25N3O. The maximum atomic E-state index is 9.34. The van der Waals surface area contributed by atoms with Crippen LogP contribution in [0.25, 0.3) is 0 Å². The molecule has 0 aliphatic heterocycles. The molecule has 0 amide bonds. The average Bonchev–Trinajstić information content (AvgIpc) is 2.79. The summed E-state index contributed by atoms with van der Waals surface area (Å²) < 4.78 is 2.03. The largest absolute Gasteiger partial charge is 0.396 e. The predicted octanol–water partition coefficient (Wildman–Crippen LogP) is 1.74. The molecule has 1 rings (SSSR count). The van der Waals surface area contributed by atoms with Crippen molar-refractivity contribution in [2.75, 3.05) is 13.2 Å². The summed E-state index contributed by atoms with van der Waals surface area (Å²) in [4.78, 5) is 0. The van der Waals surface area contributed by atoms with Crippen LogP contribution in [0.1, 0.15) is 45.3 Å². The standard InChI is InChI=1S/C13H25N3O/c1-4-12(5-2)16-7-6-11(15-16)8-13(3,9-14)10-17/h6-7,12,17H,4-5,8-10,14H2,1-3H3. The van der Waals surface area contributed by atoms with Gasteiger partial charge in [-0.1, -0.05) is 20.8 Å². The Hall–Kier alpha value is -0.870. The molecule has 1 heterocycles. The lowest BCUT2D eigenvalue weighted by Crippen LogP contribution is -2.33. The van der Waals surface area contributed by atoms with Crippen LogP contribution in [0, 0.1) is 5.41 Å². The minimum atomic E-state index is -0.257. The van der Waals surface area contributed by atoms with Gasteiger partial charge < -0.3 is 10.8 Å². The lowest BCUT2D eigenvalue weighted by atomic mass is 9.87. The third-order valence-corrected chi connectivity index (χ3v) is 3.46. The van der Waals surface area contributed by atoms with Gasteiger partial charge in [0.15, 0.2) is 0 Å². The van der Waals surface area contributed by atoms with E-state index in [9.17, 15) is 5.11 Å². The van der Waals surface area contributed by atoms with Crippen molar-refractivity contribution >= 4 is 0 Å². The van der Waals surface area contributed by atoms with E-state index in [-0.39, 0.29) is 12.0 Å². The number of aromatic nitrogens is 2. The van der Waals surface area contributed by atoms with Crippen molar-refractivity contribution in [3.8, 4) is 0 Å². The topological polar surface area (TPSA) is 64.1 Å². The fraction of sp³-hybridized carbons (Fsp3) is 0.769. The molecule has 0 spiro atoms. The smallest absolute Gasteiger partial charge is 0.0631 e. The van der Waals surface area contributed by atoms with Gasteiger partial charge in [-0.15, -0.1) is 0 Å². The molecule has 0 bridgehead atoms. The number of aliphatic hydroxyl groups excluding tert-OH is 1. The quantitative estimate of drug-likeness (QED) is 0.762. The van der Waals surface area contributed by atoms with Gasteiger partial charge in [0.2, 0.25) is 0 Å². The van der Waals surface area contributed by atoms with Gasteiger partial charge in [-0.05, 0) is 18.9 Å². The number of nitrogens with zero attached hydrogens (tertiary/aromatic N) is 2. The van der Waals surface area contributed by atoms with E-state index < -0.39 is 0 Å². The van der Waals surface area contributed by atoms with E-state index in [2.05, 4.69) is 18.9 Å². The Morgan fingerprint density at radius 1 is 1.47 bits per heavy atom. The third kappa shape index (κ3) is 3.54. The maximum Gasteiger partial charge on any atom is 0.0631 e. The molecule has 0 aliphatic carbocycles. The maximum absolute atomic E-state index is 9.34. The van der Waals surface area contributed by atoms with Crippen LogP contribution in [0.4, 0.5) is 0 Å². The van der Waals surface area contributed by atoms with E-state index in [0.717, 1.165) is 25.0 Å². The number of hydrogen-bond donors (Lipinski definition) is 2. The molecule has 0 radical (unpaired) electrons. The number of rotatable bonds is 7. The van der Waals surface area contributed by atoms with Crippen molar-refractivity contribution in [1.29, 1.82) is 0 Å². The average molecular weight is 239 g/mol. The van der Waals surface area contributed by atoms with E-state index in [4.69, 9.17) is 5.73 Å². The van der Waals surface area contributed by atoms with Crippen LogP contribution in [0.3, 0.4) is 0 Å². The van der Waals surface area contributed by atoms with Crippen LogP contribution in [-0.4, -0.2) is 28.0 Å². The number of aliphatic hydroxyl groups is 1. The van der Waals surface area contributed by atoms with E-state index >= 15 is 0 Å². The third-order valence-electron chi connectivity index (χ3n) is 3.46. The minimum absolute atomic E-state index is 0.0986. The monoisotopic (exact) mass is 239 g/mol. The summed E-state index contributed by atoms with van der Waals surface area (Å²) in [6.07, 6.45) is 4.94. The van der Waals surface area contributed by atoms with Crippen LogP contribution in [0.2, 0.25) is 0 Å². The molecule has 1 aromatic rings. The Morgan fingerprint density at radius 3 is 2.59 bits per heavy atom. The zero-order valence-corrected chi connectivity index (χ0v) is 11.2. The summed E-state index contributed by atoms with van der Waals surface area (Å²) in [6, 6.07) is 2.50. The fourth-order valence-corrected chi connectivity index (χ4v) is 1.97. The van der Waals surface area contributed by atoms with E-state index in [0.29, 0.717) is 12.6 Å². The second-order valence-corrected chi connectivity index (χ2v) is 5.11. The van der Waals surface area contributed by atoms with Gasteiger partial charge in [-0.3, -0.25) is 4.68 Å². The Labute approximate surface area is 104 Å². The second-order valence-electron chi connectivity index (χ2n) is 5.11. The molecule has 4 heteroatoms. The molecule has 3 N–H and O–H groups in total. The Morgan fingerprint density at radius 2 is 2.12 bits per heavy atom. The molecule has 0 fully saturated rings. The molecule has 0 aliphatic rings. The minimum Gasteiger partial charge on any atom is -0.396 e. The first-order valence-corrected chi connectivity index (χ1v) is 6.43. The molecule has 0 aromatic carbocycles. The van der Waals surface area contributed by atoms with E-state index in [1.165, 1.54) is 0 Å². The first kappa shape index (κ1) is 14.2. The summed E-state index contributed by atoms with van der Waals surface area (Å²) in [5.74, 6) is 0. The van der Waals surface area contributed by atoms with Gasteiger partial charge in [-0.2, -0.15) is 5.10 Å². The highest BCUT2D eigenvalue weighted by molar-refractivity contribution is 5.03. The number of nitrogens with two attached hydrogens (primary N) is 1. The van der Waals surface area contributed by atoms with Gasteiger partial charge >= 0.3 is 0 Å². The first-order chi connectivity index (χ1) is 8.08. The van der Waals surface area contributed by atoms with Crippen LogP contribution in [-0.2, 0) is 6.42 Å². The zero-order chi connectivity index (χ0) is 12.9. The van der Waals surface area contributed by atoms with Crippen molar-refractivity contribution < 1.29 is 5.11 Å². The predicted molar refractivity (Wildman–Crippen MR) is 69.8 cm³/mol. The molecular weight excluding hydrogens is 214 g/mol. The molecule has 0 saturated carbocycles. The van der Waals surface area contributed by atoms with Gasteiger partial charge in [0.1, 0.15) is 0 Å². The first-order valence-electron chi connectivity index (χ1n) is 6.43. The van der Waals surface area contributed by atoms with Gasteiger partial charge in [0.25, 0.3) is 0 Å². The molecule has 1 atom stereocenters. The summed E-state index contributed by atoms with van der Waals surface area (Å²) in [5.41, 5.74) is 6.45. The van der Waals surface area contributed by atoms with Gasteiger partial charge in [0.05, 0.1) is 18.3 Å². The second kappa shape index (κ2) is 6.17. The Balaban J connectivity index is 2.74. The SMILES string of the molecule is CCC(CC)n1ccc(CC(C)(CN)CO)n1. The van der Waals surface area contributed by atoms with Crippen LogP contribution < -0.4 is 5.73 Å². The summed E-state index contributed by atoms with van der Waals surface area (Å²) in [5, 5.41) is 13.9. The summed E-state index contributed by atoms with van der Waals surface area (Å²) in [7, 11) is 0. The molecule has 1 unspecified atom stereocenters. The summed E-state index contributed by atoms with van der Waals surface area (Å²) in [6.45, 7) is 6.91. The molecule has 1 aromatic heterocycles. The molecule has 98 valence electrons. The lowest BCUT2D eigenvalue weighted by molar-refractivity contribution is 0.148. The van der Waals surface area contributed by atoms with Crippen molar-refractivity contribution in [3.05, 3.63) is 18.0 Å². The molecule has 17 heavy (non-hydrogen) atoms. The highest BCUT2D eigenvalue weighted by atomic mass is 16.3. The van der Waals surface area contributed by atoms with E-state index in [1.807, 2.05) is 23.9 Å². The Kier molecular flexibility index (Phi) is 5.15. The normalized spacial score (nSPS) is 15.2. The van der Waals surface area contributed by atoms with Crippen LogP contribution in [0.15, 0.2) is 12.3 Å². The van der Waals surface area contributed by atoms with Crippen molar-refractivity contribution in [3.63, 3.8) is 0 Å². The van der Waals surface area contributed by atoms with Gasteiger partial charge in [0, 0.05) is 24.6 Å². The zero-order valence-electron chi connectivity index (χ0n) is 11.2. The highest BCUT2D eigenvalue weighted by Crippen LogP contribution is 2.21. The highest BCUT2D eigenvalue weighted by Gasteiger charge is 2.23. The molecule has 4 nitrogen and oxygen atoms in total. The van der Waals surface area contributed by atoms with Crippen LogP contribution in [0.5, 0.6) is 0 Å². The van der Waals surface area contributed by atoms with E-state index in [1.54, 1.807) is 0 Å². The van der Waals surface area contributed by atoms with Crippen LogP contribution >= 0.6 is 0 Å². The lowest BCUT2D eigenvalue weighted by Gasteiger charge is -2.24. The van der Waals surface area contributed by atoms with Gasteiger partial charge in [-0.25, -0.2) is 0 Å². The Bertz CT molecular complexity index is 327. The van der Waals surface area contributed by atoms with Crippen molar-refractivity contribution in [2.45, 2.75) is 46.1 Å². The fourth-order valence-electron chi connectivity index (χ4n) is 1.97. The summed E-state index contributed by atoms with van der Waals surface area (Å²) >= 11 is 0. The van der Waals surface area contributed by atoms with Crippen molar-refractivity contribution in [1.82, 2.24) is 9.78 Å². The van der Waals surface area contributed by atoms with Crippen molar-refractivity contribution in [2.24, 2.45) is 11.1 Å². The number of hydrogen-bond acceptors (Lipinski definition) is 3.